The van der Waals surface area contributed by atoms with Crippen LogP contribution in [0, 0.1) is 13.8 Å². The van der Waals surface area contributed by atoms with Gasteiger partial charge in [0.05, 0.1) is 18.0 Å². The Balaban J connectivity index is 2.27. The molecule has 2 aromatic rings. The predicted molar refractivity (Wildman–Crippen MR) is 110 cm³/mol. The van der Waals surface area contributed by atoms with Crippen molar-refractivity contribution in [3.63, 3.8) is 0 Å². The molecule has 2 aromatic carbocycles. The van der Waals surface area contributed by atoms with E-state index in [4.69, 9.17) is 0 Å². The van der Waals surface area contributed by atoms with E-state index < -0.39 is 16.1 Å². The Morgan fingerprint density at radius 2 is 1.70 bits per heavy atom. The summed E-state index contributed by atoms with van der Waals surface area (Å²) >= 11 is 0. The van der Waals surface area contributed by atoms with Crippen molar-refractivity contribution in [2.75, 3.05) is 10.6 Å². The molecule has 0 saturated heterocycles. The summed E-state index contributed by atoms with van der Waals surface area (Å²) in [7, 11) is -3.61. The summed E-state index contributed by atoms with van der Waals surface area (Å²) in [6.07, 6.45) is 1.83. The number of nitrogens with one attached hydrogen (secondary N) is 1. The van der Waals surface area contributed by atoms with Gasteiger partial charge in [-0.15, -0.1) is 0 Å². The number of hydrogen-bond donors (Lipinski definition) is 1. The van der Waals surface area contributed by atoms with Gasteiger partial charge in [0.25, 0.3) is 0 Å². The maximum absolute atomic E-state index is 12.9. The molecule has 27 heavy (non-hydrogen) atoms. The van der Waals surface area contributed by atoms with Gasteiger partial charge in [-0.05, 0) is 56.0 Å². The van der Waals surface area contributed by atoms with Gasteiger partial charge in [-0.1, -0.05) is 43.3 Å². The van der Waals surface area contributed by atoms with Gasteiger partial charge >= 0.3 is 0 Å². The fourth-order valence-corrected chi connectivity index (χ4v) is 4.25. The number of sulfonamides is 1. The first kappa shape index (κ1) is 21.0. The van der Waals surface area contributed by atoms with Gasteiger partial charge in [0, 0.05) is 0 Å². The lowest BCUT2D eigenvalue weighted by molar-refractivity contribution is -0.122. The lowest BCUT2D eigenvalue weighted by Gasteiger charge is -2.30. The van der Waals surface area contributed by atoms with Gasteiger partial charge in [0.15, 0.2) is 0 Å². The first-order chi connectivity index (χ1) is 12.6. The monoisotopic (exact) mass is 388 g/mol. The Labute approximate surface area is 162 Å². The molecule has 1 N–H and O–H groups in total. The van der Waals surface area contributed by atoms with Crippen LogP contribution in [0.3, 0.4) is 0 Å². The zero-order valence-corrected chi connectivity index (χ0v) is 17.4. The van der Waals surface area contributed by atoms with Crippen LogP contribution in [0.25, 0.3) is 0 Å². The minimum atomic E-state index is -3.61. The Kier molecular flexibility index (Phi) is 6.65. The van der Waals surface area contributed by atoms with Crippen molar-refractivity contribution in [2.45, 2.75) is 46.2 Å². The summed E-state index contributed by atoms with van der Waals surface area (Å²) in [4.78, 5) is 12.9. The molecular weight excluding hydrogens is 360 g/mol. The second-order valence-electron chi connectivity index (χ2n) is 6.88. The fraction of sp³-hybridized carbons (Fsp3) is 0.381. The Morgan fingerprint density at radius 3 is 2.22 bits per heavy atom. The Hall–Kier alpha value is -2.34. The Bertz CT molecular complexity index is 895. The molecule has 0 aliphatic rings. The van der Waals surface area contributed by atoms with Crippen LogP contribution in [0.1, 0.15) is 43.0 Å². The molecule has 0 heterocycles. The molecule has 5 nitrogen and oxygen atoms in total. The molecule has 0 bridgehead atoms. The summed E-state index contributed by atoms with van der Waals surface area (Å²) < 4.78 is 25.8. The lowest BCUT2D eigenvalue weighted by Crippen LogP contribution is -2.48. The van der Waals surface area contributed by atoms with E-state index in [2.05, 4.69) is 11.4 Å². The van der Waals surface area contributed by atoms with E-state index in [1.807, 2.05) is 39.0 Å². The van der Waals surface area contributed by atoms with Crippen molar-refractivity contribution in [3.05, 3.63) is 65.2 Å². The number of benzene rings is 2. The molecule has 0 aromatic heterocycles. The minimum Gasteiger partial charge on any atom is -0.347 e. The van der Waals surface area contributed by atoms with Crippen LogP contribution in [-0.2, 0) is 14.8 Å². The second-order valence-corrected chi connectivity index (χ2v) is 8.74. The summed E-state index contributed by atoms with van der Waals surface area (Å²) in [5.41, 5.74) is 3.85. The smallest absolute Gasteiger partial charge is 0.244 e. The quantitative estimate of drug-likeness (QED) is 0.786. The van der Waals surface area contributed by atoms with Crippen LogP contribution in [0.4, 0.5) is 5.69 Å². The number of carbonyl (C=O) groups is 1. The van der Waals surface area contributed by atoms with Crippen LogP contribution in [0.2, 0.25) is 0 Å². The summed E-state index contributed by atoms with van der Waals surface area (Å²) in [6, 6.07) is 13.8. The largest absolute Gasteiger partial charge is 0.347 e. The molecule has 146 valence electrons. The van der Waals surface area contributed by atoms with E-state index in [1.54, 1.807) is 31.2 Å². The van der Waals surface area contributed by atoms with E-state index in [9.17, 15) is 13.2 Å². The van der Waals surface area contributed by atoms with Gasteiger partial charge in [0.1, 0.15) is 6.04 Å². The number of nitrogens with zero attached hydrogens (tertiary/aromatic N) is 1. The van der Waals surface area contributed by atoms with Gasteiger partial charge in [-0.2, -0.15) is 0 Å². The van der Waals surface area contributed by atoms with Gasteiger partial charge in [-0.3, -0.25) is 9.10 Å². The summed E-state index contributed by atoms with van der Waals surface area (Å²) in [5.74, 6) is -0.325. The van der Waals surface area contributed by atoms with Crippen molar-refractivity contribution in [3.8, 4) is 0 Å². The van der Waals surface area contributed by atoms with Crippen LogP contribution < -0.4 is 9.62 Å². The molecule has 2 rings (SSSR count). The number of amides is 1. The molecule has 0 radical (unpaired) electrons. The summed E-state index contributed by atoms with van der Waals surface area (Å²) in [6.45, 7) is 7.69. The van der Waals surface area contributed by atoms with Crippen molar-refractivity contribution in [1.29, 1.82) is 0 Å². The second kappa shape index (κ2) is 8.57. The third-order valence-corrected chi connectivity index (χ3v) is 6.00. The highest BCUT2D eigenvalue weighted by Crippen LogP contribution is 2.23. The van der Waals surface area contributed by atoms with Gasteiger partial charge in [0.2, 0.25) is 15.9 Å². The fourth-order valence-electron chi connectivity index (χ4n) is 3.08. The standard InChI is InChI=1S/C21H28N2O3S/c1-6-20(18-13-12-15(2)16(3)14-18)22-21(24)17(4)23(27(5,25)26)19-10-8-7-9-11-19/h7-14,17,20H,6H2,1-5H3,(H,22,24)/t17-,20-/m0/s1. The molecule has 0 aliphatic carbocycles. The third-order valence-electron chi connectivity index (χ3n) is 4.76. The molecule has 0 spiro atoms. The molecule has 0 unspecified atom stereocenters. The van der Waals surface area contributed by atoms with E-state index in [0.717, 1.165) is 21.7 Å². The van der Waals surface area contributed by atoms with Crippen LogP contribution >= 0.6 is 0 Å². The number of hydrogen-bond acceptors (Lipinski definition) is 3. The topological polar surface area (TPSA) is 66.5 Å². The predicted octanol–water partition coefficient (Wildman–Crippen LogP) is 3.73. The molecular formula is C21H28N2O3S. The normalized spacial score (nSPS) is 13.7. The Morgan fingerprint density at radius 1 is 1.07 bits per heavy atom. The maximum atomic E-state index is 12.9. The number of rotatable bonds is 7. The number of aryl methyl sites for hydroxylation is 2. The average Bonchev–Trinajstić information content (AvgIpc) is 2.61. The van der Waals surface area contributed by atoms with E-state index in [-0.39, 0.29) is 11.9 Å². The molecule has 2 atom stereocenters. The maximum Gasteiger partial charge on any atom is 0.244 e. The van der Waals surface area contributed by atoms with E-state index in [0.29, 0.717) is 12.1 Å². The first-order valence-corrected chi connectivity index (χ1v) is 10.9. The van der Waals surface area contributed by atoms with Crippen molar-refractivity contribution >= 4 is 21.6 Å². The highest BCUT2D eigenvalue weighted by Gasteiger charge is 2.30. The van der Waals surface area contributed by atoms with E-state index >= 15 is 0 Å². The lowest BCUT2D eigenvalue weighted by atomic mass is 9.99. The van der Waals surface area contributed by atoms with Crippen molar-refractivity contribution < 1.29 is 13.2 Å². The zero-order valence-electron chi connectivity index (χ0n) is 16.6. The van der Waals surface area contributed by atoms with Gasteiger partial charge < -0.3 is 5.32 Å². The summed E-state index contributed by atoms with van der Waals surface area (Å²) in [5, 5.41) is 3.01. The molecule has 6 heteroatoms. The molecule has 0 fully saturated rings. The van der Waals surface area contributed by atoms with Crippen LogP contribution in [-0.4, -0.2) is 26.6 Å². The first-order valence-electron chi connectivity index (χ1n) is 9.07. The van der Waals surface area contributed by atoms with Crippen molar-refractivity contribution in [2.24, 2.45) is 0 Å². The highest BCUT2D eigenvalue weighted by molar-refractivity contribution is 7.92. The van der Waals surface area contributed by atoms with Crippen LogP contribution in [0.5, 0.6) is 0 Å². The molecule has 0 aliphatic heterocycles. The van der Waals surface area contributed by atoms with Gasteiger partial charge in [-0.25, -0.2) is 8.42 Å². The molecule has 1 amide bonds. The minimum absolute atomic E-state index is 0.170. The number of para-hydroxylation sites is 1. The molecule has 0 saturated carbocycles. The third kappa shape index (κ3) is 5.10. The van der Waals surface area contributed by atoms with Crippen molar-refractivity contribution in [1.82, 2.24) is 5.32 Å². The highest BCUT2D eigenvalue weighted by atomic mass is 32.2. The number of anilines is 1. The van der Waals surface area contributed by atoms with Crippen LogP contribution in [0.15, 0.2) is 48.5 Å². The van der Waals surface area contributed by atoms with E-state index in [1.165, 1.54) is 5.56 Å². The SMILES string of the molecule is CC[C@H](NC(=O)[C@H](C)N(c1ccccc1)S(C)(=O)=O)c1ccc(C)c(C)c1. The average molecular weight is 389 g/mol. The number of carbonyl (C=O) groups excluding carboxylic acids is 1. The zero-order chi connectivity index (χ0) is 20.2.